The van der Waals surface area contributed by atoms with Gasteiger partial charge in [-0.15, -0.1) is 11.3 Å². The van der Waals surface area contributed by atoms with Crippen LogP contribution in [-0.4, -0.2) is 80.8 Å². The Morgan fingerprint density at radius 3 is 2.74 bits per heavy atom. The van der Waals surface area contributed by atoms with E-state index in [9.17, 15) is 13.2 Å². The zero-order chi connectivity index (χ0) is 20.0. The van der Waals surface area contributed by atoms with Crippen molar-refractivity contribution in [1.29, 1.82) is 0 Å². The average molecular weight is 407 g/mol. The molecule has 0 saturated carbocycles. The van der Waals surface area contributed by atoms with Gasteiger partial charge in [0.05, 0.1) is 18.8 Å². The summed E-state index contributed by atoms with van der Waals surface area (Å²) >= 11 is 1.59. The van der Waals surface area contributed by atoms with Crippen LogP contribution in [0.3, 0.4) is 0 Å². The molecule has 10 heteroatoms. The maximum absolute atomic E-state index is 12.7. The van der Waals surface area contributed by atoms with Gasteiger partial charge in [-0.1, -0.05) is 6.92 Å². The number of likely N-dealkylation sites (tertiary alicyclic amines) is 1. The second kappa shape index (κ2) is 9.59. The Kier molecular flexibility index (Phi) is 7.72. The number of alkyl halides is 3. The Morgan fingerprint density at radius 1 is 1.44 bits per heavy atom. The largest absolute Gasteiger partial charge is 0.401 e. The van der Waals surface area contributed by atoms with E-state index < -0.39 is 12.7 Å². The highest BCUT2D eigenvalue weighted by Crippen LogP contribution is 2.22. The first-order valence-corrected chi connectivity index (χ1v) is 9.96. The number of thiazole rings is 1. The number of guanidine groups is 1. The van der Waals surface area contributed by atoms with Crippen molar-refractivity contribution in [2.24, 2.45) is 10.9 Å². The number of hydrogen-bond acceptors (Lipinski definition) is 5. The summed E-state index contributed by atoms with van der Waals surface area (Å²) in [5.41, 5.74) is 0.947. The van der Waals surface area contributed by atoms with Gasteiger partial charge in [-0.2, -0.15) is 13.2 Å². The van der Waals surface area contributed by atoms with Crippen LogP contribution in [0, 0.1) is 5.92 Å². The lowest BCUT2D eigenvalue weighted by Crippen LogP contribution is -2.41. The van der Waals surface area contributed by atoms with E-state index in [4.69, 9.17) is 0 Å². The molecule has 1 atom stereocenters. The molecule has 1 aliphatic heterocycles. The molecule has 1 aromatic rings. The summed E-state index contributed by atoms with van der Waals surface area (Å²) in [6.07, 6.45) is -3.28. The van der Waals surface area contributed by atoms with Crippen molar-refractivity contribution in [3.05, 3.63) is 11.1 Å². The van der Waals surface area contributed by atoms with Crippen LogP contribution in [0.5, 0.6) is 0 Å². The van der Waals surface area contributed by atoms with Crippen molar-refractivity contribution in [2.45, 2.75) is 26.1 Å². The summed E-state index contributed by atoms with van der Waals surface area (Å²) in [5, 5.41) is 6.28. The number of halogens is 3. The molecule has 1 aliphatic rings. The fourth-order valence-electron chi connectivity index (χ4n) is 3.18. The second-order valence-corrected chi connectivity index (χ2v) is 7.80. The maximum Gasteiger partial charge on any atom is 0.401 e. The predicted octanol–water partition coefficient (Wildman–Crippen LogP) is 2.49. The van der Waals surface area contributed by atoms with E-state index in [1.807, 2.05) is 24.4 Å². The molecular formula is C17H29F3N6S. The summed E-state index contributed by atoms with van der Waals surface area (Å²) in [6.45, 7) is 3.89. The topological polar surface area (TPSA) is 47.0 Å². The molecule has 1 aromatic heterocycles. The monoisotopic (exact) mass is 406 g/mol. The minimum atomic E-state index is -4.15. The zero-order valence-corrected chi connectivity index (χ0v) is 17.2. The van der Waals surface area contributed by atoms with E-state index >= 15 is 0 Å². The third-order valence-corrected chi connectivity index (χ3v) is 5.57. The van der Waals surface area contributed by atoms with Crippen LogP contribution in [0.1, 0.15) is 19.0 Å². The van der Waals surface area contributed by atoms with Crippen LogP contribution in [0.2, 0.25) is 0 Å². The van der Waals surface area contributed by atoms with E-state index in [0.717, 1.165) is 29.8 Å². The smallest absolute Gasteiger partial charge is 0.354 e. The number of hydrogen-bond donors (Lipinski definition) is 1. The Labute approximate surface area is 163 Å². The zero-order valence-electron chi connectivity index (χ0n) is 16.4. The lowest BCUT2D eigenvalue weighted by atomic mass is 10.1. The van der Waals surface area contributed by atoms with Gasteiger partial charge >= 0.3 is 6.18 Å². The molecule has 0 amide bonds. The molecule has 2 heterocycles. The van der Waals surface area contributed by atoms with Crippen LogP contribution in [0.25, 0.3) is 0 Å². The second-order valence-electron chi connectivity index (χ2n) is 6.96. The summed E-state index contributed by atoms with van der Waals surface area (Å²) in [5.74, 6) is 0.987. The Balaban J connectivity index is 1.84. The predicted molar refractivity (Wildman–Crippen MR) is 104 cm³/mol. The van der Waals surface area contributed by atoms with Gasteiger partial charge in [0.25, 0.3) is 0 Å². The molecule has 27 heavy (non-hydrogen) atoms. The molecular weight excluding hydrogens is 377 g/mol. The quantitative estimate of drug-likeness (QED) is 0.557. The number of aliphatic imine (C=N–C) groups is 1. The van der Waals surface area contributed by atoms with Gasteiger partial charge in [0.15, 0.2) is 11.1 Å². The van der Waals surface area contributed by atoms with Crippen molar-refractivity contribution in [3.63, 3.8) is 0 Å². The third-order valence-electron chi connectivity index (χ3n) is 4.51. The van der Waals surface area contributed by atoms with Crippen LogP contribution in [0.4, 0.5) is 18.3 Å². The van der Waals surface area contributed by atoms with Gasteiger partial charge in [-0.25, -0.2) is 4.98 Å². The normalized spacial score (nSPS) is 18.4. The van der Waals surface area contributed by atoms with E-state index in [-0.39, 0.29) is 5.92 Å². The van der Waals surface area contributed by atoms with Crippen LogP contribution < -0.4 is 10.2 Å². The average Bonchev–Trinajstić information content (AvgIpc) is 3.23. The fourth-order valence-corrected chi connectivity index (χ4v) is 3.94. The lowest BCUT2D eigenvalue weighted by Gasteiger charge is -2.26. The molecule has 2 rings (SSSR count). The molecule has 1 saturated heterocycles. The molecule has 1 N–H and O–H groups in total. The summed E-state index contributed by atoms with van der Waals surface area (Å²) in [4.78, 5) is 14.4. The molecule has 1 unspecified atom stereocenters. The minimum absolute atomic E-state index is 0.213. The fraction of sp³-hybridized carbons (Fsp3) is 0.765. The van der Waals surface area contributed by atoms with Crippen LogP contribution in [0.15, 0.2) is 10.4 Å². The van der Waals surface area contributed by atoms with Gasteiger partial charge in [0.2, 0.25) is 0 Å². The maximum atomic E-state index is 12.7. The van der Waals surface area contributed by atoms with Crippen LogP contribution >= 0.6 is 11.3 Å². The number of aromatic nitrogens is 1. The van der Waals surface area contributed by atoms with Crippen molar-refractivity contribution >= 4 is 22.4 Å². The van der Waals surface area contributed by atoms with Crippen molar-refractivity contribution in [3.8, 4) is 0 Å². The number of anilines is 1. The van der Waals surface area contributed by atoms with Gasteiger partial charge in [-0.05, 0) is 18.9 Å². The molecule has 1 fully saturated rings. The highest BCUT2D eigenvalue weighted by Gasteiger charge is 2.33. The molecule has 0 bridgehead atoms. The Hall–Kier alpha value is -1.55. The number of rotatable bonds is 7. The molecule has 0 aromatic carbocycles. The Morgan fingerprint density at radius 2 is 2.19 bits per heavy atom. The van der Waals surface area contributed by atoms with E-state index in [0.29, 0.717) is 26.2 Å². The SMILES string of the molecule is CCN(CC1CCN(C(=NC)NCc2csc(N(C)C)n2)C1)CC(F)(F)F. The number of nitrogens with zero attached hydrogens (tertiary/aromatic N) is 5. The molecule has 154 valence electrons. The highest BCUT2D eigenvalue weighted by atomic mass is 32.1. The molecule has 0 spiro atoms. The third kappa shape index (κ3) is 6.84. The van der Waals surface area contributed by atoms with Gasteiger partial charge < -0.3 is 15.1 Å². The van der Waals surface area contributed by atoms with Gasteiger partial charge in [0.1, 0.15) is 0 Å². The lowest BCUT2D eigenvalue weighted by molar-refractivity contribution is -0.146. The summed E-state index contributed by atoms with van der Waals surface area (Å²) in [6, 6.07) is 0. The van der Waals surface area contributed by atoms with E-state index in [1.54, 1.807) is 25.3 Å². The van der Waals surface area contributed by atoms with Gasteiger partial charge in [0, 0.05) is 46.2 Å². The van der Waals surface area contributed by atoms with Gasteiger partial charge in [-0.3, -0.25) is 9.89 Å². The first-order valence-electron chi connectivity index (χ1n) is 9.08. The summed E-state index contributed by atoms with van der Waals surface area (Å²) < 4.78 is 38.0. The molecule has 0 radical (unpaired) electrons. The molecule has 6 nitrogen and oxygen atoms in total. The highest BCUT2D eigenvalue weighted by molar-refractivity contribution is 7.13. The van der Waals surface area contributed by atoms with Crippen molar-refractivity contribution in [1.82, 2.24) is 20.1 Å². The van der Waals surface area contributed by atoms with E-state index in [2.05, 4.69) is 20.2 Å². The minimum Gasteiger partial charge on any atom is -0.354 e. The molecule has 0 aliphatic carbocycles. The Bertz CT molecular complexity index is 616. The van der Waals surface area contributed by atoms with Crippen molar-refractivity contribution in [2.75, 3.05) is 58.8 Å². The van der Waals surface area contributed by atoms with Crippen molar-refractivity contribution < 1.29 is 13.2 Å². The van der Waals surface area contributed by atoms with Crippen LogP contribution in [-0.2, 0) is 6.54 Å². The number of nitrogens with one attached hydrogen (secondary N) is 1. The van der Waals surface area contributed by atoms with E-state index in [1.165, 1.54) is 4.90 Å². The standard InChI is InChI=1S/C17H29F3N6S/c1-5-25(12-17(18,19)20)9-13-6-7-26(10-13)15(21-2)22-8-14-11-27-16(23-14)24(3)4/h11,13H,5-10,12H2,1-4H3,(H,21,22). The summed E-state index contributed by atoms with van der Waals surface area (Å²) in [7, 11) is 5.64. The first-order chi connectivity index (χ1) is 12.7. The first kappa shape index (κ1) is 21.7.